The molecule has 0 fully saturated rings. The van der Waals surface area contributed by atoms with Crippen LogP contribution in [0.3, 0.4) is 0 Å². The summed E-state index contributed by atoms with van der Waals surface area (Å²) in [6.45, 7) is 3.14. The van der Waals surface area contributed by atoms with Gasteiger partial charge in [0.05, 0.1) is 5.52 Å². The number of pyridine rings is 2. The van der Waals surface area contributed by atoms with Crippen LogP contribution in [0.15, 0.2) is 60.8 Å². The van der Waals surface area contributed by atoms with E-state index in [2.05, 4.69) is 41.5 Å². The zero-order valence-electron chi connectivity index (χ0n) is 17.6. The van der Waals surface area contributed by atoms with Gasteiger partial charge in [0.1, 0.15) is 5.82 Å². The van der Waals surface area contributed by atoms with Gasteiger partial charge >= 0.3 is 0 Å². The average molecular weight is 400 g/mol. The lowest BCUT2D eigenvalue weighted by atomic mass is 9.95. The molecular weight excluding hydrogens is 370 g/mol. The molecule has 0 saturated carbocycles. The first kappa shape index (κ1) is 20.3. The molecule has 2 aromatic heterocycles. The lowest BCUT2D eigenvalue weighted by Crippen LogP contribution is -2.14. The van der Waals surface area contributed by atoms with Gasteiger partial charge in [-0.2, -0.15) is 0 Å². The Morgan fingerprint density at radius 3 is 3.03 bits per heavy atom. The van der Waals surface area contributed by atoms with Crippen molar-refractivity contribution in [3.05, 3.63) is 77.6 Å². The lowest BCUT2D eigenvalue weighted by molar-refractivity contribution is -0.114. The summed E-state index contributed by atoms with van der Waals surface area (Å²) >= 11 is 0. The predicted octanol–water partition coefficient (Wildman–Crippen LogP) is 5.63. The van der Waals surface area contributed by atoms with Gasteiger partial charge in [-0.3, -0.25) is 9.78 Å². The number of aryl methyl sites for hydroxylation is 2. The van der Waals surface area contributed by atoms with Gasteiger partial charge in [-0.05, 0) is 67.5 Å². The maximum Gasteiger partial charge on any atom is 0.155 e. The van der Waals surface area contributed by atoms with Gasteiger partial charge in [-0.25, -0.2) is 4.98 Å². The second-order valence-corrected chi connectivity index (χ2v) is 8.00. The fraction of sp³-hybridized carbons (Fsp3) is 0.346. The number of carbonyl (C=O) groups is 1. The van der Waals surface area contributed by atoms with Crippen molar-refractivity contribution in [1.29, 1.82) is 0 Å². The van der Waals surface area contributed by atoms with E-state index >= 15 is 0 Å². The molecule has 154 valence electrons. The second-order valence-electron chi connectivity index (χ2n) is 8.00. The zero-order chi connectivity index (χ0) is 20.8. The third kappa shape index (κ3) is 4.93. The van der Waals surface area contributed by atoms with Gasteiger partial charge in [-0.15, -0.1) is 0 Å². The normalized spacial score (nSPS) is 14.4. The summed E-state index contributed by atoms with van der Waals surface area (Å²) < 4.78 is 0. The fourth-order valence-electron chi connectivity index (χ4n) is 4.03. The highest BCUT2D eigenvalue weighted by Gasteiger charge is 2.11. The molecule has 4 rings (SSSR count). The summed E-state index contributed by atoms with van der Waals surface area (Å²) in [5, 5.41) is 4.51. The van der Waals surface area contributed by atoms with Crippen LogP contribution in [0.5, 0.6) is 0 Å². The molecule has 1 aliphatic rings. The minimum Gasteiger partial charge on any atom is -0.370 e. The molecule has 3 heterocycles. The molecule has 4 heteroatoms. The number of benzene rings is 1. The van der Waals surface area contributed by atoms with Crippen LogP contribution in [0.25, 0.3) is 10.9 Å². The van der Waals surface area contributed by atoms with Gasteiger partial charge in [0.25, 0.3) is 0 Å². The lowest BCUT2D eigenvalue weighted by Gasteiger charge is -2.17. The number of hydrogen-bond acceptors (Lipinski definition) is 4. The second kappa shape index (κ2) is 9.66. The summed E-state index contributed by atoms with van der Waals surface area (Å²) in [5.74, 6) is 1.41. The molecule has 1 aliphatic heterocycles. The van der Waals surface area contributed by atoms with Gasteiger partial charge in [-0.1, -0.05) is 37.3 Å². The van der Waals surface area contributed by atoms with Crippen molar-refractivity contribution < 1.29 is 4.79 Å². The maximum atomic E-state index is 12.4. The smallest absolute Gasteiger partial charge is 0.155 e. The van der Waals surface area contributed by atoms with E-state index in [0.717, 1.165) is 60.2 Å². The van der Waals surface area contributed by atoms with Gasteiger partial charge in [0.15, 0.2) is 5.78 Å². The molecule has 30 heavy (non-hydrogen) atoms. The Hall–Kier alpha value is -3.01. The van der Waals surface area contributed by atoms with Crippen molar-refractivity contribution in [3.63, 3.8) is 0 Å². The van der Waals surface area contributed by atoms with Crippen molar-refractivity contribution in [3.8, 4) is 0 Å². The Labute approximate surface area is 178 Å². The molecule has 0 spiro atoms. The van der Waals surface area contributed by atoms with Crippen LogP contribution in [0.4, 0.5) is 5.82 Å². The number of hydrogen-bond donors (Lipinski definition) is 1. The molecule has 0 amide bonds. The van der Waals surface area contributed by atoms with Crippen molar-refractivity contribution in [2.45, 2.75) is 51.4 Å². The molecule has 0 bridgehead atoms. The predicted molar refractivity (Wildman–Crippen MR) is 123 cm³/mol. The van der Waals surface area contributed by atoms with E-state index in [1.165, 1.54) is 12.0 Å². The van der Waals surface area contributed by atoms with E-state index in [-0.39, 0.29) is 11.7 Å². The van der Waals surface area contributed by atoms with Crippen LogP contribution in [0.2, 0.25) is 0 Å². The number of aromatic nitrogens is 2. The van der Waals surface area contributed by atoms with E-state index in [1.807, 2.05) is 30.5 Å². The van der Waals surface area contributed by atoms with Gasteiger partial charge in [0, 0.05) is 36.2 Å². The SMILES string of the molecule is CCC(/C=C/C(=O)CCCc1ccc2c(n1)NCCC2)c1cnc2ccccc2c1. The first-order valence-corrected chi connectivity index (χ1v) is 11.0. The fourth-order valence-corrected chi connectivity index (χ4v) is 4.03. The van der Waals surface area contributed by atoms with E-state index in [9.17, 15) is 4.79 Å². The van der Waals surface area contributed by atoms with Crippen LogP contribution in [0, 0.1) is 0 Å². The Kier molecular flexibility index (Phi) is 6.53. The number of nitrogens with zero attached hydrogens (tertiary/aromatic N) is 2. The number of fused-ring (bicyclic) bond motifs is 2. The molecule has 1 unspecified atom stereocenters. The summed E-state index contributed by atoms with van der Waals surface area (Å²) in [7, 11) is 0. The molecule has 0 saturated heterocycles. The highest BCUT2D eigenvalue weighted by atomic mass is 16.1. The minimum atomic E-state index is 0.179. The van der Waals surface area contributed by atoms with Gasteiger partial charge < -0.3 is 5.32 Å². The molecule has 0 aliphatic carbocycles. The van der Waals surface area contributed by atoms with Crippen LogP contribution < -0.4 is 5.32 Å². The monoisotopic (exact) mass is 399 g/mol. The summed E-state index contributed by atoms with van der Waals surface area (Å²) in [5.41, 5.74) is 4.53. The van der Waals surface area contributed by atoms with E-state index in [1.54, 1.807) is 6.08 Å². The quantitative estimate of drug-likeness (QED) is 0.499. The molecule has 1 N–H and O–H groups in total. The molecular formula is C26H29N3O. The molecule has 0 radical (unpaired) electrons. The Bertz CT molecular complexity index is 1060. The molecule has 1 aromatic carbocycles. The largest absolute Gasteiger partial charge is 0.370 e. The number of ketones is 1. The Balaban J connectivity index is 1.32. The van der Waals surface area contributed by atoms with Crippen LogP contribution in [-0.4, -0.2) is 22.3 Å². The number of anilines is 1. The zero-order valence-corrected chi connectivity index (χ0v) is 17.6. The highest BCUT2D eigenvalue weighted by molar-refractivity contribution is 5.89. The summed E-state index contributed by atoms with van der Waals surface area (Å²) in [6, 6.07) is 14.6. The number of nitrogens with one attached hydrogen (secondary N) is 1. The van der Waals surface area contributed by atoms with Crippen LogP contribution in [0.1, 0.15) is 55.3 Å². The third-order valence-electron chi connectivity index (χ3n) is 5.80. The van der Waals surface area contributed by atoms with E-state index < -0.39 is 0 Å². The highest BCUT2D eigenvalue weighted by Crippen LogP contribution is 2.24. The van der Waals surface area contributed by atoms with Crippen LogP contribution in [-0.2, 0) is 17.6 Å². The third-order valence-corrected chi connectivity index (χ3v) is 5.80. The van der Waals surface area contributed by atoms with E-state index in [4.69, 9.17) is 4.98 Å². The van der Waals surface area contributed by atoms with Crippen molar-refractivity contribution >= 4 is 22.5 Å². The maximum absolute atomic E-state index is 12.4. The average Bonchev–Trinajstić information content (AvgIpc) is 2.79. The number of para-hydroxylation sites is 1. The Morgan fingerprint density at radius 1 is 1.23 bits per heavy atom. The molecule has 4 nitrogen and oxygen atoms in total. The topological polar surface area (TPSA) is 54.9 Å². The van der Waals surface area contributed by atoms with Crippen LogP contribution >= 0.6 is 0 Å². The van der Waals surface area contributed by atoms with Crippen molar-refractivity contribution in [2.24, 2.45) is 0 Å². The Morgan fingerprint density at radius 2 is 2.13 bits per heavy atom. The van der Waals surface area contributed by atoms with Gasteiger partial charge in [0.2, 0.25) is 0 Å². The first-order chi connectivity index (χ1) is 14.7. The van der Waals surface area contributed by atoms with Crippen molar-refractivity contribution in [1.82, 2.24) is 9.97 Å². The first-order valence-electron chi connectivity index (χ1n) is 11.0. The summed E-state index contributed by atoms with van der Waals surface area (Å²) in [6.07, 6.45) is 11.1. The molecule has 3 aromatic rings. The number of allylic oxidation sites excluding steroid dienone is 2. The van der Waals surface area contributed by atoms with Crippen molar-refractivity contribution in [2.75, 3.05) is 11.9 Å². The number of carbonyl (C=O) groups excluding carboxylic acids is 1. The minimum absolute atomic E-state index is 0.179. The standard InChI is InChI=1S/C26H29N3O/c1-2-19(22-17-21-7-3-4-11-25(21)28-18-22)13-15-24(30)10-5-9-23-14-12-20-8-6-16-27-26(20)29-23/h3-4,7,11-15,17-19H,2,5-6,8-10,16H2,1H3,(H,27,29)/b15-13+. The summed E-state index contributed by atoms with van der Waals surface area (Å²) in [4.78, 5) is 21.7. The van der Waals surface area contributed by atoms with E-state index in [0.29, 0.717) is 6.42 Å². The number of rotatable bonds is 8. The molecule has 1 atom stereocenters.